The predicted octanol–water partition coefficient (Wildman–Crippen LogP) is 1.22. The summed E-state index contributed by atoms with van der Waals surface area (Å²) < 4.78 is 0. The van der Waals surface area contributed by atoms with E-state index in [1.165, 1.54) is 0 Å². The molecule has 3 N–H and O–H groups in total. The minimum Gasteiger partial charge on any atom is -0.481 e. The third-order valence-corrected chi connectivity index (χ3v) is 2.14. The van der Waals surface area contributed by atoms with Crippen LogP contribution >= 0.6 is 0 Å². The molecule has 1 aromatic heterocycles. The van der Waals surface area contributed by atoms with Crippen LogP contribution in [-0.4, -0.2) is 22.6 Å². The second-order valence-electron chi connectivity index (χ2n) is 4.01. The molecule has 0 aliphatic rings. The van der Waals surface area contributed by atoms with Crippen LogP contribution in [-0.2, 0) is 11.3 Å². The summed E-state index contributed by atoms with van der Waals surface area (Å²) in [7, 11) is 0. The lowest BCUT2D eigenvalue weighted by molar-refractivity contribution is -0.146. The van der Waals surface area contributed by atoms with E-state index in [-0.39, 0.29) is 0 Å². The van der Waals surface area contributed by atoms with E-state index < -0.39 is 11.4 Å². The molecule has 1 heterocycles. The van der Waals surface area contributed by atoms with Crippen molar-refractivity contribution < 1.29 is 9.90 Å². The van der Waals surface area contributed by atoms with Gasteiger partial charge < -0.3 is 15.4 Å². The molecular formula is C10H16N2O2. The van der Waals surface area contributed by atoms with E-state index in [0.29, 0.717) is 13.1 Å². The van der Waals surface area contributed by atoms with E-state index in [4.69, 9.17) is 5.11 Å². The van der Waals surface area contributed by atoms with E-state index in [0.717, 1.165) is 5.56 Å². The lowest BCUT2D eigenvalue weighted by Gasteiger charge is -2.19. The fourth-order valence-electron chi connectivity index (χ4n) is 1.06. The van der Waals surface area contributed by atoms with Gasteiger partial charge in [-0.3, -0.25) is 4.79 Å². The molecule has 0 aliphatic carbocycles. The first-order valence-electron chi connectivity index (χ1n) is 4.58. The topological polar surface area (TPSA) is 65.1 Å². The van der Waals surface area contributed by atoms with E-state index >= 15 is 0 Å². The number of hydrogen-bond acceptors (Lipinski definition) is 2. The maximum atomic E-state index is 10.8. The average Bonchev–Trinajstić information content (AvgIpc) is 2.56. The highest BCUT2D eigenvalue weighted by Gasteiger charge is 2.26. The molecule has 0 spiro atoms. The Balaban J connectivity index is 2.31. The molecule has 4 heteroatoms. The van der Waals surface area contributed by atoms with Crippen LogP contribution in [0.4, 0.5) is 0 Å². The zero-order chi connectivity index (χ0) is 10.6. The van der Waals surface area contributed by atoms with Crippen LogP contribution in [0.5, 0.6) is 0 Å². The Morgan fingerprint density at radius 3 is 2.86 bits per heavy atom. The molecule has 78 valence electrons. The Hall–Kier alpha value is -1.29. The van der Waals surface area contributed by atoms with Gasteiger partial charge >= 0.3 is 5.97 Å². The second kappa shape index (κ2) is 4.28. The summed E-state index contributed by atoms with van der Waals surface area (Å²) in [6, 6.07) is 1.96. The van der Waals surface area contributed by atoms with Crippen molar-refractivity contribution in [3.8, 4) is 0 Å². The van der Waals surface area contributed by atoms with Crippen molar-refractivity contribution in [2.75, 3.05) is 6.54 Å². The zero-order valence-electron chi connectivity index (χ0n) is 8.50. The summed E-state index contributed by atoms with van der Waals surface area (Å²) in [5.41, 5.74) is 0.419. The normalized spacial score (nSPS) is 11.6. The fourth-order valence-corrected chi connectivity index (χ4v) is 1.06. The van der Waals surface area contributed by atoms with E-state index in [1.54, 1.807) is 13.8 Å². The molecule has 4 nitrogen and oxygen atoms in total. The van der Waals surface area contributed by atoms with Crippen LogP contribution in [0.15, 0.2) is 18.5 Å². The quantitative estimate of drug-likeness (QED) is 0.663. The summed E-state index contributed by atoms with van der Waals surface area (Å²) in [6.45, 7) is 4.58. The molecule has 0 saturated carbocycles. The Morgan fingerprint density at radius 2 is 2.36 bits per heavy atom. The molecule has 0 saturated heterocycles. The minimum atomic E-state index is -0.779. The highest BCUT2D eigenvalue weighted by molar-refractivity contribution is 5.73. The van der Waals surface area contributed by atoms with Gasteiger partial charge in [-0.1, -0.05) is 0 Å². The maximum absolute atomic E-state index is 10.8. The number of H-pyrrole nitrogens is 1. The number of rotatable bonds is 5. The summed E-state index contributed by atoms with van der Waals surface area (Å²) in [4.78, 5) is 13.7. The lowest BCUT2D eigenvalue weighted by atomic mass is 9.94. The first-order chi connectivity index (χ1) is 6.52. The van der Waals surface area contributed by atoms with E-state index in [1.807, 2.05) is 18.5 Å². The molecule has 14 heavy (non-hydrogen) atoms. The van der Waals surface area contributed by atoms with Crippen molar-refractivity contribution >= 4 is 5.97 Å². The largest absolute Gasteiger partial charge is 0.481 e. The summed E-state index contributed by atoms with van der Waals surface area (Å²) >= 11 is 0. The lowest BCUT2D eigenvalue weighted by Crippen LogP contribution is -2.35. The number of aromatic nitrogens is 1. The molecular weight excluding hydrogens is 180 g/mol. The number of aromatic amines is 1. The molecule has 0 aliphatic heterocycles. The molecule has 0 atom stereocenters. The number of carboxylic acid groups (broad SMARTS) is 1. The predicted molar refractivity (Wildman–Crippen MR) is 53.9 cm³/mol. The number of hydrogen-bond donors (Lipinski definition) is 3. The Morgan fingerprint density at radius 1 is 1.64 bits per heavy atom. The van der Waals surface area contributed by atoms with Gasteiger partial charge in [-0.05, 0) is 25.5 Å². The standard InChI is InChI=1S/C10H16N2O2/c1-10(2,9(13)14)7-12-6-8-3-4-11-5-8/h3-5,11-12H,6-7H2,1-2H3,(H,13,14). The SMILES string of the molecule is CC(C)(CNCc1cc[nH]c1)C(=O)O. The number of carbonyl (C=O) groups is 1. The van der Waals surface area contributed by atoms with Gasteiger partial charge in [0.05, 0.1) is 5.41 Å². The van der Waals surface area contributed by atoms with Crippen LogP contribution in [0.1, 0.15) is 19.4 Å². The van der Waals surface area contributed by atoms with Crippen LogP contribution < -0.4 is 5.32 Å². The van der Waals surface area contributed by atoms with Crippen LogP contribution in [0, 0.1) is 5.41 Å². The zero-order valence-corrected chi connectivity index (χ0v) is 8.50. The summed E-state index contributed by atoms with van der Waals surface area (Å²) in [5, 5.41) is 12.0. The van der Waals surface area contributed by atoms with Gasteiger partial charge in [0, 0.05) is 25.5 Å². The van der Waals surface area contributed by atoms with Gasteiger partial charge in [0.25, 0.3) is 0 Å². The molecule has 0 radical (unpaired) electrons. The van der Waals surface area contributed by atoms with Gasteiger partial charge in [0.2, 0.25) is 0 Å². The summed E-state index contributed by atoms with van der Waals surface area (Å²) in [5.74, 6) is -0.779. The molecule has 0 unspecified atom stereocenters. The molecule has 0 amide bonds. The van der Waals surface area contributed by atoms with Crippen molar-refractivity contribution in [2.45, 2.75) is 20.4 Å². The maximum Gasteiger partial charge on any atom is 0.310 e. The third kappa shape index (κ3) is 2.88. The van der Waals surface area contributed by atoms with E-state index in [2.05, 4.69) is 10.3 Å². The highest BCUT2D eigenvalue weighted by Crippen LogP contribution is 2.13. The monoisotopic (exact) mass is 196 g/mol. The van der Waals surface area contributed by atoms with E-state index in [9.17, 15) is 4.79 Å². The van der Waals surface area contributed by atoms with Crippen LogP contribution in [0.25, 0.3) is 0 Å². The van der Waals surface area contributed by atoms with Gasteiger partial charge in [-0.2, -0.15) is 0 Å². The molecule has 0 fully saturated rings. The minimum absolute atomic E-state index is 0.466. The van der Waals surface area contributed by atoms with Crippen LogP contribution in [0.2, 0.25) is 0 Å². The molecule has 1 aromatic rings. The Bertz CT molecular complexity index is 291. The highest BCUT2D eigenvalue weighted by atomic mass is 16.4. The fraction of sp³-hybridized carbons (Fsp3) is 0.500. The molecule has 0 bridgehead atoms. The van der Waals surface area contributed by atoms with Gasteiger partial charge in [0.1, 0.15) is 0 Å². The van der Waals surface area contributed by atoms with Gasteiger partial charge in [-0.15, -0.1) is 0 Å². The molecule has 0 aromatic carbocycles. The Kier molecular flexibility index (Phi) is 3.30. The number of aliphatic carboxylic acids is 1. The average molecular weight is 196 g/mol. The van der Waals surface area contributed by atoms with Crippen molar-refractivity contribution in [2.24, 2.45) is 5.41 Å². The first-order valence-corrected chi connectivity index (χ1v) is 4.58. The van der Waals surface area contributed by atoms with Crippen LogP contribution in [0.3, 0.4) is 0 Å². The summed E-state index contributed by atoms with van der Waals surface area (Å²) in [6.07, 6.45) is 3.74. The van der Waals surface area contributed by atoms with Gasteiger partial charge in [0.15, 0.2) is 0 Å². The van der Waals surface area contributed by atoms with Gasteiger partial charge in [-0.25, -0.2) is 0 Å². The number of carboxylic acids is 1. The second-order valence-corrected chi connectivity index (χ2v) is 4.01. The smallest absolute Gasteiger partial charge is 0.310 e. The van der Waals surface area contributed by atoms with Crippen molar-refractivity contribution in [1.82, 2.24) is 10.3 Å². The number of nitrogens with one attached hydrogen (secondary N) is 2. The van der Waals surface area contributed by atoms with Crippen molar-refractivity contribution in [3.63, 3.8) is 0 Å². The van der Waals surface area contributed by atoms with Crippen molar-refractivity contribution in [1.29, 1.82) is 0 Å². The Labute approximate surface area is 83.3 Å². The molecule has 1 rings (SSSR count). The van der Waals surface area contributed by atoms with Crippen molar-refractivity contribution in [3.05, 3.63) is 24.0 Å². The first kappa shape index (κ1) is 10.8. The third-order valence-electron chi connectivity index (χ3n) is 2.14.